The molecule has 0 saturated heterocycles. The second-order valence-electron chi connectivity index (χ2n) is 3.15. The Bertz CT molecular complexity index is 402. The number of methoxy groups -OCH3 is 1. The van der Waals surface area contributed by atoms with E-state index in [1.165, 1.54) is 7.11 Å². The van der Waals surface area contributed by atoms with Gasteiger partial charge in [0.15, 0.2) is 0 Å². The third-order valence-electron chi connectivity index (χ3n) is 2.00. The molecule has 0 bridgehead atoms. The molecule has 0 aromatic heterocycles. The number of halogens is 1. The molecule has 0 spiro atoms. The molecule has 0 aliphatic heterocycles. The van der Waals surface area contributed by atoms with Crippen LogP contribution in [0.4, 0.5) is 0 Å². The van der Waals surface area contributed by atoms with E-state index in [0.717, 1.165) is 17.7 Å². The fourth-order valence-electron chi connectivity index (χ4n) is 1.21. The van der Waals surface area contributed by atoms with Crippen molar-refractivity contribution in [2.45, 2.75) is 6.42 Å². The molecule has 1 aromatic rings. The Morgan fingerprint density at radius 3 is 2.94 bits per heavy atom. The number of hydrogen-bond acceptors (Lipinski definition) is 3. The summed E-state index contributed by atoms with van der Waals surface area (Å²) in [6.45, 7) is 0. The van der Waals surface area contributed by atoms with E-state index in [-0.39, 0.29) is 0 Å². The highest BCUT2D eigenvalue weighted by atomic mass is 35.5. The molecule has 0 aliphatic rings. The van der Waals surface area contributed by atoms with Crippen molar-refractivity contribution in [3.05, 3.63) is 40.4 Å². The van der Waals surface area contributed by atoms with Crippen molar-refractivity contribution in [2.75, 3.05) is 12.9 Å². The molecule has 0 aliphatic carbocycles. The Labute approximate surface area is 106 Å². The standard InChI is InChI=1S/C12H13ClO2S/c1-15-12(14)10-8-9(4-2-3-7-16)5-6-11(10)13/h2,4-6,8,16H,3,7H2,1H3. The molecule has 4 heteroatoms. The lowest BCUT2D eigenvalue weighted by Crippen LogP contribution is -2.02. The van der Waals surface area contributed by atoms with Crippen molar-refractivity contribution in [3.8, 4) is 0 Å². The second-order valence-corrected chi connectivity index (χ2v) is 4.00. The van der Waals surface area contributed by atoms with E-state index in [2.05, 4.69) is 17.4 Å². The average Bonchev–Trinajstić information content (AvgIpc) is 2.30. The van der Waals surface area contributed by atoms with Gasteiger partial charge in [0.1, 0.15) is 0 Å². The fourth-order valence-corrected chi connectivity index (χ4v) is 1.55. The van der Waals surface area contributed by atoms with Crippen LogP contribution >= 0.6 is 24.2 Å². The highest BCUT2D eigenvalue weighted by molar-refractivity contribution is 7.80. The van der Waals surface area contributed by atoms with Gasteiger partial charge in [-0.1, -0.05) is 29.8 Å². The van der Waals surface area contributed by atoms with Gasteiger partial charge in [0.2, 0.25) is 0 Å². The number of ether oxygens (including phenoxy) is 1. The van der Waals surface area contributed by atoms with E-state index in [4.69, 9.17) is 11.6 Å². The van der Waals surface area contributed by atoms with Crippen LogP contribution in [0.2, 0.25) is 5.02 Å². The molecule has 0 heterocycles. The number of carbonyl (C=O) groups is 1. The topological polar surface area (TPSA) is 26.3 Å². The molecule has 0 saturated carbocycles. The first-order valence-corrected chi connectivity index (χ1v) is 5.85. The predicted molar refractivity (Wildman–Crippen MR) is 70.3 cm³/mol. The number of thiol groups is 1. The second kappa shape index (κ2) is 6.61. The molecule has 0 radical (unpaired) electrons. The average molecular weight is 257 g/mol. The number of rotatable bonds is 4. The first-order chi connectivity index (χ1) is 7.69. The summed E-state index contributed by atoms with van der Waals surface area (Å²) >= 11 is 10.00. The van der Waals surface area contributed by atoms with Crippen LogP contribution in [0.5, 0.6) is 0 Å². The van der Waals surface area contributed by atoms with Crippen LogP contribution in [-0.4, -0.2) is 18.8 Å². The summed E-state index contributed by atoms with van der Waals surface area (Å²) in [5.74, 6) is 0.378. The first-order valence-electron chi connectivity index (χ1n) is 4.84. The van der Waals surface area contributed by atoms with Gasteiger partial charge in [0, 0.05) is 0 Å². The largest absolute Gasteiger partial charge is 0.465 e. The van der Waals surface area contributed by atoms with Gasteiger partial charge in [-0.25, -0.2) is 4.79 Å². The summed E-state index contributed by atoms with van der Waals surface area (Å²) in [6, 6.07) is 5.25. The van der Waals surface area contributed by atoms with Gasteiger partial charge in [-0.3, -0.25) is 0 Å². The van der Waals surface area contributed by atoms with Crippen molar-refractivity contribution in [2.24, 2.45) is 0 Å². The van der Waals surface area contributed by atoms with Crippen molar-refractivity contribution >= 4 is 36.3 Å². The maximum absolute atomic E-state index is 11.4. The molecular formula is C12H13ClO2S. The number of carbonyl (C=O) groups excluding carboxylic acids is 1. The van der Waals surface area contributed by atoms with E-state index in [0.29, 0.717) is 10.6 Å². The normalized spacial score (nSPS) is 10.7. The van der Waals surface area contributed by atoms with Crippen LogP contribution < -0.4 is 0 Å². The monoisotopic (exact) mass is 256 g/mol. The van der Waals surface area contributed by atoms with Gasteiger partial charge in [0.05, 0.1) is 17.7 Å². The highest BCUT2D eigenvalue weighted by Crippen LogP contribution is 2.19. The first kappa shape index (κ1) is 13.1. The van der Waals surface area contributed by atoms with Gasteiger partial charge in [-0.15, -0.1) is 0 Å². The lowest BCUT2D eigenvalue weighted by molar-refractivity contribution is 0.0601. The lowest BCUT2D eigenvalue weighted by Gasteiger charge is -2.03. The smallest absolute Gasteiger partial charge is 0.339 e. The highest BCUT2D eigenvalue weighted by Gasteiger charge is 2.10. The van der Waals surface area contributed by atoms with Gasteiger partial charge in [-0.2, -0.15) is 12.6 Å². The number of hydrogen-bond donors (Lipinski definition) is 1. The van der Waals surface area contributed by atoms with E-state index in [1.54, 1.807) is 12.1 Å². The van der Waals surface area contributed by atoms with E-state index in [9.17, 15) is 4.79 Å². The van der Waals surface area contributed by atoms with E-state index >= 15 is 0 Å². The summed E-state index contributed by atoms with van der Waals surface area (Å²) in [7, 11) is 1.34. The number of benzene rings is 1. The predicted octanol–water partition coefficient (Wildman–Crippen LogP) is 3.46. The summed E-state index contributed by atoms with van der Waals surface area (Å²) in [5.41, 5.74) is 1.31. The minimum absolute atomic E-state index is 0.386. The zero-order valence-corrected chi connectivity index (χ0v) is 10.6. The van der Waals surface area contributed by atoms with Crippen LogP contribution in [0.1, 0.15) is 22.3 Å². The zero-order chi connectivity index (χ0) is 12.0. The van der Waals surface area contributed by atoms with E-state index < -0.39 is 5.97 Å². The van der Waals surface area contributed by atoms with Crippen molar-refractivity contribution in [1.82, 2.24) is 0 Å². The molecule has 86 valence electrons. The molecular weight excluding hydrogens is 244 g/mol. The SMILES string of the molecule is COC(=O)c1cc(C=CCCS)ccc1Cl. The maximum atomic E-state index is 11.4. The van der Waals surface area contributed by atoms with Crippen molar-refractivity contribution < 1.29 is 9.53 Å². The van der Waals surface area contributed by atoms with Crippen LogP contribution in [0.25, 0.3) is 6.08 Å². The van der Waals surface area contributed by atoms with Crippen LogP contribution in [-0.2, 0) is 4.74 Å². The summed E-state index contributed by atoms with van der Waals surface area (Å²) in [5, 5.41) is 0.401. The maximum Gasteiger partial charge on any atom is 0.339 e. The quantitative estimate of drug-likeness (QED) is 0.660. The third kappa shape index (κ3) is 3.58. The lowest BCUT2D eigenvalue weighted by atomic mass is 10.1. The zero-order valence-electron chi connectivity index (χ0n) is 8.94. The molecule has 16 heavy (non-hydrogen) atoms. The molecule has 0 fully saturated rings. The Kier molecular flexibility index (Phi) is 5.43. The van der Waals surface area contributed by atoms with Crippen molar-refractivity contribution in [3.63, 3.8) is 0 Å². The van der Waals surface area contributed by atoms with Gasteiger partial charge < -0.3 is 4.74 Å². The molecule has 0 N–H and O–H groups in total. The van der Waals surface area contributed by atoms with E-state index in [1.807, 2.05) is 18.2 Å². The van der Waals surface area contributed by atoms with Crippen LogP contribution in [0.3, 0.4) is 0 Å². The molecule has 1 aromatic carbocycles. The fraction of sp³-hybridized carbons (Fsp3) is 0.250. The minimum atomic E-state index is -0.422. The number of esters is 1. The van der Waals surface area contributed by atoms with Gasteiger partial charge in [0.25, 0.3) is 0 Å². The Morgan fingerprint density at radius 1 is 1.56 bits per heavy atom. The molecule has 0 amide bonds. The molecule has 0 atom stereocenters. The Balaban J connectivity index is 2.93. The Morgan fingerprint density at radius 2 is 2.31 bits per heavy atom. The van der Waals surface area contributed by atoms with Gasteiger partial charge in [-0.05, 0) is 29.9 Å². The Hall–Kier alpha value is -0.930. The van der Waals surface area contributed by atoms with Crippen molar-refractivity contribution in [1.29, 1.82) is 0 Å². The number of allylic oxidation sites excluding steroid dienone is 1. The molecule has 1 rings (SSSR count). The van der Waals surface area contributed by atoms with Crippen LogP contribution in [0.15, 0.2) is 24.3 Å². The minimum Gasteiger partial charge on any atom is -0.465 e. The third-order valence-corrected chi connectivity index (χ3v) is 2.59. The summed E-state index contributed by atoms with van der Waals surface area (Å²) < 4.78 is 4.64. The van der Waals surface area contributed by atoms with Crippen LogP contribution in [0, 0.1) is 0 Å². The van der Waals surface area contributed by atoms with Gasteiger partial charge >= 0.3 is 5.97 Å². The molecule has 0 unspecified atom stereocenters. The summed E-state index contributed by atoms with van der Waals surface area (Å²) in [6.07, 6.45) is 4.82. The molecule has 2 nitrogen and oxygen atoms in total. The summed E-state index contributed by atoms with van der Waals surface area (Å²) in [4.78, 5) is 11.4.